The Kier molecular flexibility index (Phi) is 4.32. The molecule has 0 amide bonds. The van der Waals surface area contributed by atoms with Gasteiger partial charge in [0.1, 0.15) is 6.10 Å². The highest BCUT2D eigenvalue weighted by atomic mass is 16.6. The molecular weight excluding hydrogens is 262 g/mol. The summed E-state index contributed by atoms with van der Waals surface area (Å²) in [6.07, 6.45) is 12.3. The predicted octanol–water partition coefficient (Wildman–Crippen LogP) is 3.15. The monoisotopic (exact) mass is 290 g/mol. The molecular formula is C18H28NO2+. The Morgan fingerprint density at radius 1 is 1.38 bits per heavy atom. The molecule has 0 saturated carbocycles. The minimum atomic E-state index is 0.226. The van der Waals surface area contributed by atoms with Crippen LogP contribution in [0.2, 0.25) is 0 Å². The van der Waals surface area contributed by atoms with Gasteiger partial charge in [-0.3, -0.25) is 0 Å². The lowest BCUT2D eigenvalue weighted by atomic mass is 9.72. The van der Waals surface area contributed by atoms with E-state index in [-0.39, 0.29) is 5.41 Å². The average molecular weight is 290 g/mol. The van der Waals surface area contributed by atoms with Crippen molar-refractivity contribution in [2.24, 2.45) is 11.3 Å². The zero-order valence-corrected chi connectivity index (χ0v) is 13.4. The van der Waals surface area contributed by atoms with Crippen LogP contribution in [-0.4, -0.2) is 42.8 Å². The quantitative estimate of drug-likeness (QED) is 0.390. The fourth-order valence-electron chi connectivity index (χ4n) is 3.72. The third kappa shape index (κ3) is 4.27. The molecule has 21 heavy (non-hydrogen) atoms. The van der Waals surface area contributed by atoms with E-state index >= 15 is 0 Å². The second-order valence-electron chi connectivity index (χ2n) is 7.36. The summed E-state index contributed by atoms with van der Waals surface area (Å²) in [5.41, 5.74) is 1.76. The Bertz CT molecular complexity index is 458. The van der Waals surface area contributed by atoms with Gasteiger partial charge in [-0.2, -0.15) is 0 Å². The first-order valence-corrected chi connectivity index (χ1v) is 8.24. The van der Waals surface area contributed by atoms with Crippen LogP contribution in [0.3, 0.4) is 0 Å². The van der Waals surface area contributed by atoms with E-state index in [0.29, 0.717) is 18.1 Å². The van der Waals surface area contributed by atoms with Gasteiger partial charge < -0.3 is 9.47 Å². The van der Waals surface area contributed by atoms with E-state index in [0.717, 1.165) is 39.0 Å². The molecule has 3 aliphatic rings. The summed E-state index contributed by atoms with van der Waals surface area (Å²) in [7, 11) is 0. The van der Waals surface area contributed by atoms with Crippen molar-refractivity contribution >= 4 is 6.21 Å². The number of rotatable bonds is 8. The van der Waals surface area contributed by atoms with Gasteiger partial charge in [-0.1, -0.05) is 19.9 Å². The highest BCUT2D eigenvalue weighted by Crippen LogP contribution is 2.40. The first-order chi connectivity index (χ1) is 10.1. The van der Waals surface area contributed by atoms with Gasteiger partial charge in [0.25, 0.3) is 0 Å². The van der Waals surface area contributed by atoms with Crippen LogP contribution in [0.15, 0.2) is 24.4 Å². The molecule has 0 radical (unpaired) electrons. The molecule has 2 saturated heterocycles. The summed E-state index contributed by atoms with van der Waals surface area (Å²) in [5.74, 6) is 0.691. The molecule has 0 aromatic carbocycles. The van der Waals surface area contributed by atoms with E-state index in [4.69, 9.17) is 9.47 Å². The summed E-state index contributed by atoms with van der Waals surface area (Å²) >= 11 is 0. The molecule has 116 valence electrons. The number of hydrogen-bond donors (Lipinski definition) is 0. The van der Waals surface area contributed by atoms with Gasteiger partial charge in [0.2, 0.25) is 0 Å². The van der Waals surface area contributed by atoms with E-state index in [9.17, 15) is 0 Å². The number of ether oxygens (including phenoxy) is 2. The zero-order chi connectivity index (χ0) is 14.9. The first-order valence-electron chi connectivity index (χ1n) is 8.24. The molecule has 3 heterocycles. The van der Waals surface area contributed by atoms with Crippen LogP contribution in [0.4, 0.5) is 0 Å². The van der Waals surface area contributed by atoms with Gasteiger partial charge in [-0.25, -0.2) is 4.58 Å². The van der Waals surface area contributed by atoms with E-state index in [2.05, 4.69) is 43.5 Å². The standard InChI is InChI=1S/C18H28NO2/c1-4-5-18(7-14(2)3)8-15(6-16-11-20-16)9-19(13-18)10-17-12-21-17/h4,9,13-14,16-17H,1,5-8,10-12H2,2-3H3/q+1. The molecule has 3 atom stereocenters. The fourth-order valence-corrected chi connectivity index (χ4v) is 3.72. The maximum atomic E-state index is 5.43. The van der Waals surface area contributed by atoms with Crippen molar-refractivity contribution in [3.63, 3.8) is 0 Å². The second-order valence-corrected chi connectivity index (χ2v) is 7.36. The van der Waals surface area contributed by atoms with E-state index in [1.807, 2.05) is 0 Å². The molecule has 3 aliphatic heterocycles. The third-order valence-electron chi connectivity index (χ3n) is 4.44. The van der Waals surface area contributed by atoms with Gasteiger partial charge in [0.05, 0.1) is 24.7 Å². The van der Waals surface area contributed by atoms with Crippen LogP contribution in [-0.2, 0) is 9.47 Å². The summed E-state index contributed by atoms with van der Waals surface area (Å²) in [6.45, 7) is 11.5. The van der Waals surface area contributed by atoms with Crippen molar-refractivity contribution in [3.8, 4) is 0 Å². The molecule has 0 N–H and O–H groups in total. The maximum Gasteiger partial charge on any atom is 0.176 e. The topological polar surface area (TPSA) is 28.1 Å². The maximum absolute atomic E-state index is 5.43. The normalized spacial score (nSPS) is 34.4. The number of hydrogen-bond acceptors (Lipinski definition) is 2. The Hall–Kier alpha value is -0.930. The summed E-state index contributed by atoms with van der Waals surface area (Å²) in [6, 6.07) is 0. The molecule has 3 nitrogen and oxygen atoms in total. The van der Waals surface area contributed by atoms with Crippen LogP contribution >= 0.6 is 0 Å². The predicted molar refractivity (Wildman–Crippen MR) is 84.7 cm³/mol. The Balaban J connectivity index is 1.80. The number of nitrogens with zero attached hydrogens (tertiary/aromatic N) is 1. The molecule has 3 rings (SSSR count). The Labute approximate surface area is 128 Å². The minimum absolute atomic E-state index is 0.226. The molecule has 0 aromatic heterocycles. The highest BCUT2D eigenvalue weighted by Gasteiger charge is 2.40. The van der Waals surface area contributed by atoms with Crippen LogP contribution in [0.1, 0.15) is 39.5 Å². The lowest BCUT2D eigenvalue weighted by Crippen LogP contribution is -2.34. The van der Waals surface area contributed by atoms with Gasteiger partial charge in [0, 0.05) is 6.42 Å². The SMILES string of the molecule is C=CCC1(CC(C)C)C=[N+](CC2CO2)C=C(CC2CO2)C1. The Morgan fingerprint density at radius 2 is 2.10 bits per heavy atom. The smallest absolute Gasteiger partial charge is 0.176 e. The third-order valence-corrected chi connectivity index (χ3v) is 4.44. The fraction of sp³-hybridized carbons (Fsp3) is 0.722. The van der Waals surface area contributed by atoms with Crippen LogP contribution < -0.4 is 0 Å². The number of epoxide rings is 2. The largest absolute Gasteiger partial charge is 0.373 e. The second kappa shape index (κ2) is 6.05. The van der Waals surface area contributed by atoms with Gasteiger partial charge in [0.15, 0.2) is 19.0 Å². The van der Waals surface area contributed by atoms with Crippen LogP contribution in [0, 0.1) is 11.3 Å². The average Bonchev–Trinajstić information content (AvgIpc) is 3.24. The summed E-state index contributed by atoms with van der Waals surface area (Å²) in [5, 5.41) is 0. The molecule has 0 bridgehead atoms. The van der Waals surface area contributed by atoms with Crippen molar-refractivity contribution in [1.82, 2.24) is 0 Å². The van der Waals surface area contributed by atoms with Gasteiger partial charge >= 0.3 is 0 Å². The molecule has 0 aliphatic carbocycles. The van der Waals surface area contributed by atoms with Crippen LogP contribution in [0.5, 0.6) is 0 Å². The summed E-state index contributed by atoms with van der Waals surface area (Å²) < 4.78 is 13.2. The molecule has 3 heteroatoms. The lowest BCUT2D eigenvalue weighted by molar-refractivity contribution is -0.462. The molecule has 0 aromatic rings. The number of allylic oxidation sites excluding steroid dienone is 1. The Morgan fingerprint density at radius 3 is 2.67 bits per heavy atom. The highest BCUT2D eigenvalue weighted by molar-refractivity contribution is 5.63. The van der Waals surface area contributed by atoms with Crippen molar-refractivity contribution < 1.29 is 14.0 Å². The van der Waals surface area contributed by atoms with Crippen LogP contribution in [0.25, 0.3) is 0 Å². The van der Waals surface area contributed by atoms with E-state index in [1.165, 1.54) is 12.0 Å². The summed E-state index contributed by atoms with van der Waals surface area (Å²) in [4.78, 5) is 0. The van der Waals surface area contributed by atoms with Crippen molar-refractivity contribution in [3.05, 3.63) is 24.4 Å². The zero-order valence-electron chi connectivity index (χ0n) is 13.4. The van der Waals surface area contributed by atoms with E-state index < -0.39 is 0 Å². The molecule has 3 unspecified atom stereocenters. The van der Waals surface area contributed by atoms with Gasteiger partial charge in [-0.05, 0) is 30.8 Å². The minimum Gasteiger partial charge on any atom is -0.373 e. The van der Waals surface area contributed by atoms with E-state index in [1.54, 1.807) is 0 Å². The van der Waals surface area contributed by atoms with Gasteiger partial charge in [-0.15, -0.1) is 6.58 Å². The lowest BCUT2D eigenvalue weighted by Gasteiger charge is -2.32. The van der Waals surface area contributed by atoms with Crippen molar-refractivity contribution in [1.29, 1.82) is 0 Å². The first kappa shape index (κ1) is 15.0. The molecule has 2 fully saturated rings. The van der Waals surface area contributed by atoms with Crippen molar-refractivity contribution in [2.75, 3.05) is 19.8 Å². The molecule has 0 spiro atoms. The van der Waals surface area contributed by atoms with Crippen molar-refractivity contribution in [2.45, 2.75) is 51.7 Å².